The van der Waals surface area contributed by atoms with Gasteiger partial charge in [0.25, 0.3) is 0 Å². The Hall–Kier alpha value is -0.698. The van der Waals surface area contributed by atoms with Crippen LogP contribution in [0.25, 0.3) is 0 Å². The van der Waals surface area contributed by atoms with Crippen LogP contribution in [0.1, 0.15) is 0 Å². The molecule has 0 fully saturated rings. The summed E-state index contributed by atoms with van der Waals surface area (Å²) in [4.78, 5) is 31.4. The van der Waals surface area contributed by atoms with Crippen molar-refractivity contribution in [3.8, 4) is 0 Å². The Balaban J connectivity index is 5.74. The van der Waals surface area contributed by atoms with Crippen molar-refractivity contribution < 1.29 is 53.9 Å². The van der Waals surface area contributed by atoms with Crippen molar-refractivity contribution in [1.29, 1.82) is 0 Å². The molecule has 0 radical (unpaired) electrons. The normalized spacial score (nSPS) is 13.1. The minimum atomic E-state index is -7.18. The zero-order valence-corrected chi connectivity index (χ0v) is 12.7. The summed E-state index contributed by atoms with van der Waals surface area (Å²) >= 11 is -7.18. The Labute approximate surface area is 105 Å². The van der Waals surface area contributed by atoms with Gasteiger partial charge in [0.2, 0.25) is 0 Å². The quantitative estimate of drug-likeness (QED) is 0.441. The molecule has 0 aliphatic carbocycles. The van der Waals surface area contributed by atoms with Crippen LogP contribution in [0.2, 0.25) is 0 Å². The average molecular weight is 495 g/mol. The molecule has 0 aliphatic heterocycles. The Bertz CT molecular complexity index is 342. The summed E-state index contributed by atoms with van der Waals surface area (Å²) < 4.78 is 96.3. The molecule has 19 heavy (non-hydrogen) atoms. The van der Waals surface area contributed by atoms with E-state index < -0.39 is 51.3 Å². The molecule has 0 saturated carbocycles. The van der Waals surface area contributed by atoms with Gasteiger partial charge in [0, 0.05) is 0 Å². The van der Waals surface area contributed by atoms with Gasteiger partial charge in [-0.3, -0.25) is 0 Å². The predicted octanol–water partition coefficient (Wildman–Crippen LogP) is 1.49. The van der Waals surface area contributed by atoms with Gasteiger partial charge in [-0.1, -0.05) is 0 Å². The zero-order valence-electron chi connectivity index (χ0n) is 8.20. The summed E-state index contributed by atoms with van der Waals surface area (Å²) in [6.07, 6.45) is -18.3. The number of carbonyl (C=O) groups is 3. The molecule has 0 N–H and O–H groups in total. The summed E-state index contributed by atoms with van der Waals surface area (Å²) in [5.74, 6) is 0. The van der Waals surface area contributed by atoms with E-state index in [9.17, 15) is 53.9 Å². The first kappa shape index (κ1) is 18.3. The van der Waals surface area contributed by atoms with Crippen molar-refractivity contribution in [2.24, 2.45) is 0 Å². The van der Waals surface area contributed by atoms with E-state index in [1.165, 1.54) is 0 Å². The SMILES string of the molecule is O=[C]([Tl]([C](=O)C(F)(F)F)[C](=O)C(F)(F)F)C(F)(F)F. The Morgan fingerprint density at radius 3 is 0.789 bits per heavy atom. The van der Waals surface area contributed by atoms with Crippen LogP contribution in [0.4, 0.5) is 39.5 Å². The maximum atomic E-state index is 11.9. The summed E-state index contributed by atoms with van der Waals surface area (Å²) in [5, 5.41) is 0. The average Bonchev–Trinajstić information content (AvgIpc) is 2.13. The molecule has 0 saturated heterocycles. The molecule has 0 aromatic rings. The van der Waals surface area contributed by atoms with Crippen LogP contribution in [0.15, 0.2) is 0 Å². The van der Waals surface area contributed by atoms with Crippen molar-refractivity contribution in [2.75, 3.05) is 0 Å². The third kappa shape index (κ3) is 4.72. The van der Waals surface area contributed by atoms with Crippen molar-refractivity contribution in [3.05, 3.63) is 0 Å². The van der Waals surface area contributed by atoms with E-state index in [0.29, 0.717) is 0 Å². The molecule has 0 bridgehead atoms. The van der Waals surface area contributed by atoms with E-state index in [0.717, 1.165) is 0 Å². The number of alkyl halides is 9. The van der Waals surface area contributed by atoms with Crippen molar-refractivity contribution >= 4 is 32.7 Å². The molecule has 0 aromatic carbocycles. The molecule has 108 valence electrons. The van der Waals surface area contributed by atoms with Crippen LogP contribution in [0, 0.1) is 0 Å². The van der Waals surface area contributed by atoms with Crippen LogP contribution in [-0.2, 0) is 14.4 Å². The van der Waals surface area contributed by atoms with Crippen molar-refractivity contribution in [3.63, 3.8) is 0 Å². The number of carbonyl (C=O) groups excluding carboxylic acids is 3. The molecule has 0 rings (SSSR count). The van der Waals surface area contributed by atoms with Gasteiger partial charge in [0.05, 0.1) is 0 Å². The van der Waals surface area contributed by atoms with Crippen LogP contribution >= 0.6 is 0 Å². The van der Waals surface area contributed by atoms with Gasteiger partial charge in [0.15, 0.2) is 0 Å². The minimum absolute atomic E-state index is 3.50. The van der Waals surface area contributed by atoms with Gasteiger partial charge in [0.1, 0.15) is 0 Å². The third-order valence-corrected chi connectivity index (χ3v) is 11.6. The molecule has 3 nitrogen and oxygen atoms in total. The molecular formula is C6F9O3Tl. The van der Waals surface area contributed by atoms with E-state index in [4.69, 9.17) is 0 Å². The summed E-state index contributed by atoms with van der Waals surface area (Å²) in [6, 6.07) is 0. The number of hydrogen-bond donors (Lipinski definition) is 0. The Morgan fingerprint density at radius 1 is 0.526 bits per heavy atom. The molecule has 0 aliphatic rings. The number of rotatable bonds is 3. The van der Waals surface area contributed by atoms with Gasteiger partial charge in [-0.2, -0.15) is 0 Å². The van der Waals surface area contributed by atoms with E-state index >= 15 is 0 Å². The van der Waals surface area contributed by atoms with Crippen molar-refractivity contribution in [1.82, 2.24) is 0 Å². The topological polar surface area (TPSA) is 51.2 Å². The first-order chi connectivity index (χ1) is 8.10. The van der Waals surface area contributed by atoms with Gasteiger partial charge in [-0.05, 0) is 0 Å². The van der Waals surface area contributed by atoms with E-state index in [2.05, 4.69) is 0 Å². The van der Waals surface area contributed by atoms with Crippen LogP contribution in [-0.4, -0.2) is 51.3 Å². The molecule has 0 unspecified atom stereocenters. The Kier molecular flexibility index (Phi) is 5.16. The molecule has 0 amide bonds. The first-order valence-corrected chi connectivity index (χ1v) is 10.7. The third-order valence-electron chi connectivity index (χ3n) is 1.62. The van der Waals surface area contributed by atoms with E-state index in [-0.39, 0.29) is 0 Å². The number of hydrogen-bond acceptors (Lipinski definition) is 3. The summed E-state index contributed by atoms with van der Waals surface area (Å²) in [6.45, 7) is 0. The van der Waals surface area contributed by atoms with E-state index in [1.807, 2.05) is 0 Å². The van der Waals surface area contributed by atoms with Crippen LogP contribution in [0.5, 0.6) is 0 Å². The molecule has 13 heteroatoms. The molecule has 0 heterocycles. The first-order valence-electron chi connectivity index (χ1n) is 3.93. The Morgan fingerprint density at radius 2 is 0.684 bits per heavy atom. The second kappa shape index (κ2) is 5.36. The van der Waals surface area contributed by atoms with Gasteiger partial charge in [-0.15, -0.1) is 0 Å². The maximum absolute atomic E-state index is 11.9. The molecule has 0 spiro atoms. The molecular weight excluding hydrogens is 495 g/mol. The van der Waals surface area contributed by atoms with Gasteiger partial charge in [-0.25, -0.2) is 0 Å². The van der Waals surface area contributed by atoms with Crippen molar-refractivity contribution in [2.45, 2.75) is 18.5 Å². The number of halogens is 9. The summed E-state index contributed by atoms with van der Waals surface area (Å²) in [7, 11) is 0. The van der Waals surface area contributed by atoms with Crippen LogP contribution in [0.3, 0.4) is 0 Å². The van der Waals surface area contributed by atoms with Crippen LogP contribution < -0.4 is 0 Å². The zero-order chi connectivity index (χ0) is 15.8. The second-order valence-electron chi connectivity index (χ2n) is 3.02. The predicted molar refractivity (Wildman–Crippen MR) is 38.9 cm³/mol. The van der Waals surface area contributed by atoms with Gasteiger partial charge >= 0.3 is 105 Å². The fraction of sp³-hybridized carbons (Fsp3) is 0.500. The summed E-state index contributed by atoms with van der Waals surface area (Å²) in [5.41, 5.74) is 0. The fourth-order valence-electron chi connectivity index (χ4n) is 0.848. The standard InChI is InChI=1S/3C2F3O.Tl/c3*3-2(4,5)1-6;. The monoisotopic (exact) mass is 496 g/mol. The van der Waals surface area contributed by atoms with Gasteiger partial charge < -0.3 is 0 Å². The second-order valence-corrected chi connectivity index (χ2v) is 12.5. The fourth-order valence-corrected chi connectivity index (χ4v) is 7.44. The van der Waals surface area contributed by atoms with E-state index in [1.54, 1.807) is 0 Å². The molecule has 0 atom stereocenters. The molecule has 0 aromatic heterocycles.